The molecule has 0 saturated carbocycles. The summed E-state index contributed by atoms with van der Waals surface area (Å²) in [6.07, 6.45) is -0.983. The molecule has 3 N–H and O–H groups in total. The number of halogens is 3. The van der Waals surface area contributed by atoms with Crippen LogP contribution in [0.1, 0.15) is 11.7 Å². The van der Waals surface area contributed by atoms with Gasteiger partial charge >= 0.3 is 6.03 Å². The van der Waals surface area contributed by atoms with E-state index in [0.29, 0.717) is 21.3 Å². The number of carbonyl (C=O) groups is 1. The lowest BCUT2D eigenvalue weighted by molar-refractivity contribution is 0.175. The van der Waals surface area contributed by atoms with E-state index in [0.717, 1.165) is 0 Å². The Balaban J connectivity index is 1.90. The van der Waals surface area contributed by atoms with E-state index in [-0.39, 0.29) is 6.54 Å². The van der Waals surface area contributed by atoms with Crippen LogP contribution in [-0.2, 0) is 0 Å². The van der Waals surface area contributed by atoms with Crippen LogP contribution in [0.2, 0.25) is 10.0 Å². The predicted molar refractivity (Wildman–Crippen MR) is 84.8 cm³/mol. The largest absolute Gasteiger partial charge is 0.387 e. The summed E-state index contributed by atoms with van der Waals surface area (Å²) in [5.41, 5.74) is 0.772. The van der Waals surface area contributed by atoms with Crippen LogP contribution in [0, 0.1) is 5.82 Å². The molecule has 7 heteroatoms. The van der Waals surface area contributed by atoms with Gasteiger partial charge in [0, 0.05) is 27.8 Å². The van der Waals surface area contributed by atoms with Gasteiger partial charge in [-0.3, -0.25) is 0 Å². The Morgan fingerprint density at radius 2 is 2.00 bits per heavy atom. The van der Waals surface area contributed by atoms with E-state index >= 15 is 0 Å². The van der Waals surface area contributed by atoms with Crippen molar-refractivity contribution in [3.05, 3.63) is 63.9 Å². The van der Waals surface area contributed by atoms with E-state index in [1.807, 2.05) is 0 Å². The molecule has 22 heavy (non-hydrogen) atoms. The molecule has 1 unspecified atom stereocenters. The van der Waals surface area contributed by atoms with Crippen molar-refractivity contribution in [3.63, 3.8) is 0 Å². The number of aliphatic hydroxyl groups is 1. The summed E-state index contributed by atoms with van der Waals surface area (Å²) in [5, 5.41) is 15.7. The number of nitrogens with one attached hydrogen (secondary N) is 2. The molecule has 0 aromatic heterocycles. The molecule has 2 aromatic carbocycles. The van der Waals surface area contributed by atoms with Crippen molar-refractivity contribution >= 4 is 34.9 Å². The van der Waals surface area contributed by atoms with Gasteiger partial charge in [-0.2, -0.15) is 0 Å². The Bertz CT molecular complexity index is 682. The van der Waals surface area contributed by atoms with Gasteiger partial charge in [-0.15, -0.1) is 0 Å². The van der Waals surface area contributed by atoms with Crippen molar-refractivity contribution in [2.24, 2.45) is 0 Å². The van der Waals surface area contributed by atoms with Gasteiger partial charge in [-0.05, 0) is 30.3 Å². The average molecular weight is 343 g/mol. The van der Waals surface area contributed by atoms with Crippen LogP contribution >= 0.6 is 23.2 Å². The summed E-state index contributed by atoms with van der Waals surface area (Å²) in [5.74, 6) is -0.453. The van der Waals surface area contributed by atoms with E-state index in [1.165, 1.54) is 24.3 Å². The van der Waals surface area contributed by atoms with E-state index in [4.69, 9.17) is 23.2 Å². The molecule has 2 aromatic rings. The second kappa shape index (κ2) is 7.45. The molecule has 4 nitrogen and oxygen atoms in total. The fourth-order valence-electron chi connectivity index (χ4n) is 1.81. The molecule has 0 bridgehead atoms. The molecule has 0 fully saturated rings. The minimum atomic E-state index is -0.983. The van der Waals surface area contributed by atoms with Crippen molar-refractivity contribution in [2.45, 2.75) is 6.10 Å². The van der Waals surface area contributed by atoms with Crippen LogP contribution in [0.4, 0.5) is 14.9 Å². The number of urea groups is 1. The molecule has 0 spiro atoms. The summed E-state index contributed by atoms with van der Waals surface area (Å²) in [6, 6.07) is 9.62. The minimum absolute atomic E-state index is 0.0531. The lowest BCUT2D eigenvalue weighted by Crippen LogP contribution is -2.32. The second-order valence-corrected chi connectivity index (χ2v) is 5.37. The maximum absolute atomic E-state index is 13.0. The quantitative estimate of drug-likeness (QED) is 0.786. The Morgan fingerprint density at radius 3 is 2.68 bits per heavy atom. The maximum Gasteiger partial charge on any atom is 0.319 e. The molecule has 0 heterocycles. The first kappa shape index (κ1) is 16.5. The zero-order valence-electron chi connectivity index (χ0n) is 11.3. The van der Waals surface area contributed by atoms with Crippen LogP contribution in [0.5, 0.6) is 0 Å². The Labute approximate surface area is 136 Å². The van der Waals surface area contributed by atoms with Crippen LogP contribution < -0.4 is 10.6 Å². The molecule has 0 radical (unpaired) electrons. The molecule has 2 rings (SSSR count). The number of rotatable bonds is 4. The number of aliphatic hydroxyl groups excluding tert-OH is 1. The van der Waals surface area contributed by atoms with Gasteiger partial charge < -0.3 is 15.7 Å². The average Bonchev–Trinajstić information content (AvgIpc) is 2.45. The smallest absolute Gasteiger partial charge is 0.319 e. The van der Waals surface area contributed by atoms with Crippen LogP contribution in [0.3, 0.4) is 0 Å². The van der Waals surface area contributed by atoms with Crippen molar-refractivity contribution in [2.75, 3.05) is 11.9 Å². The highest BCUT2D eigenvalue weighted by Crippen LogP contribution is 2.25. The second-order valence-electron chi connectivity index (χ2n) is 4.53. The monoisotopic (exact) mass is 342 g/mol. The first-order chi connectivity index (χ1) is 10.5. The number of hydrogen-bond acceptors (Lipinski definition) is 2. The Morgan fingerprint density at radius 1 is 1.23 bits per heavy atom. The van der Waals surface area contributed by atoms with Crippen molar-refractivity contribution in [3.8, 4) is 0 Å². The number of carbonyl (C=O) groups excluding carboxylic acids is 1. The predicted octanol–water partition coefficient (Wildman–Crippen LogP) is 3.99. The SMILES string of the molecule is O=C(NCC(O)c1ccc(Cl)cc1Cl)Nc1cccc(F)c1. The molecular formula is C15H13Cl2FN2O2. The summed E-state index contributed by atoms with van der Waals surface area (Å²) in [7, 11) is 0. The van der Waals surface area contributed by atoms with Gasteiger partial charge in [0.05, 0.1) is 6.10 Å². The van der Waals surface area contributed by atoms with Crippen LogP contribution in [-0.4, -0.2) is 17.7 Å². The van der Waals surface area contributed by atoms with Crippen molar-refractivity contribution < 1.29 is 14.3 Å². The third-order valence-electron chi connectivity index (χ3n) is 2.86. The van der Waals surface area contributed by atoms with Gasteiger partial charge in [-0.1, -0.05) is 35.3 Å². The number of anilines is 1. The highest BCUT2D eigenvalue weighted by Gasteiger charge is 2.13. The number of amides is 2. The zero-order chi connectivity index (χ0) is 16.1. The third-order valence-corrected chi connectivity index (χ3v) is 3.42. The zero-order valence-corrected chi connectivity index (χ0v) is 12.8. The lowest BCUT2D eigenvalue weighted by Gasteiger charge is -2.14. The third kappa shape index (κ3) is 4.59. The van der Waals surface area contributed by atoms with Crippen molar-refractivity contribution in [1.82, 2.24) is 5.32 Å². The molecule has 0 aliphatic carbocycles. The molecule has 1 atom stereocenters. The topological polar surface area (TPSA) is 61.4 Å². The minimum Gasteiger partial charge on any atom is -0.387 e. The molecule has 0 aliphatic heterocycles. The summed E-state index contributed by atoms with van der Waals surface area (Å²) in [4.78, 5) is 11.7. The van der Waals surface area contributed by atoms with Gasteiger partial charge in [0.1, 0.15) is 5.82 Å². The standard InChI is InChI=1S/C15H13Cl2FN2O2/c16-9-4-5-12(13(17)6-9)14(21)8-19-15(22)20-11-3-1-2-10(18)7-11/h1-7,14,21H,8H2,(H2,19,20,22). The van der Waals surface area contributed by atoms with Gasteiger partial charge in [0.15, 0.2) is 0 Å². The normalized spacial score (nSPS) is 11.8. The number of hydrogen-bond donors (Lipinski definition) is 3. The Hall–Kier alpha value is -1.82. The lowest BCUT2D eigenvalue weighted by atomic mass is 10.1. The van der Waals surface area contributed by atoms with E-state index in [2.05, 4.69) is 10.6 Å². The fraction of sp³-hybridized carbons (Fsp3) is 0.133. The van der Waals surface area contributed by atoms with Gasteiger partial charge in [0.25, 0.3) is 0 Å². The van der Waals surface area contributed by atoms with E-state index in [9.17, 15) is 14.3 Å². The number of benzene rings is 2. The van der Waals surface area contributed by atoms with Gasteiger partial charge in [0.2, 0.25) is 0 Å². The molecular weight excluding hydrogens is 330 g/mol. The molecule has 116 valence electrons. The molecule has 2 amide bonds. The van der Waals surface area contributed by atoms with Crippen LogP contribution in [0.25, 0.3) is 0 Å². The van der Waals surface area contributed by atoms with Gasteiger partial charge in [-0.25, -0.2) is 9.18 Å². The van der Waals surface area contributed by atoms with E-state index in [1.54, 1.807) is 18.2 Å². The summed E-state index contributed by atoms with van der Waals surface area (Å²) in [6.45, 7) is -0.0531. The van der Waals surface area contributed by atoms with Crippen LogP contribution in [0.15, 0.2) is 42.5 Å². The fourth-order valence-corrected chi connectivity index (χ4v) is 2.35. The summed E-state index contributed by atoms with van der Waals surface area (Å²) < 4.78 is 13.0. The van der Waals surface area contributed by atoms with Crippen molar-refractivity contribution in [1.29, 1.82) is 0 Å². The molecule has 0 saturated heterocycles. The first-order valence-corrected chi connectivity index (χ1v) is 7.15. The summed E-state index contributed by atoms with van der Waals surface area (Å²) >= 11 is 11.7. The maximum atomic E-state index is 13.0. The van der Waals surface area contributed by atoms with E-state index < -0.39 is 18.0 Å². The highest BCUT2D eigenvalue weighted by atomic mass is 35.5. The Kier molecular flexibility index (Phi) is 5.60. The highest BCUT2D eigenvalue weighted by molar-refractivity contribution is 6.35. The first-order valence-electron chi connectivity index (χ1n) is 6.39. The molecule has 0 aliphatic rings.